The Morgan fingerprint density at radius 2 is 1.54 bits per heavy atom. The third-order valence-electron chi connectivity index (χ3n) is 3.94. The van der Waals surface area contributed by atoms with Crippen LogP contribution >= 0.6 is 11.6 Å². The summed E-state index contributed by atoms with van der Waals surface area (Å²) in [5.41, 5.74) is 2.59. The number of amides is 1. The van der Waals surface area contributed by atoms with E-state index in [4.69, 9.17) is 16.3 Å². The fourth-order valence-electron chi connectivity index (χ4n) is 2.52. The Labute approximate surface area is 161 Å². The van der Waals surface area contributed by atoms with Crippen molar-refractivity contribution in [2.45, 2.75) is 39.8 Å². The number of carbonyl (C=O) groups excluding carboxylic acids is 1. The van der Waals surface area contributed by atoms with Gasteiger partial charge in [-0.3, -0.25) is 4.90 Å². The van der Waals surface area contributed by atoms with Crippen molar-refractivity contribution in [1.29, 1.82) is 0 Å². The molecular weight excluding hydrogens is 348 g/mol. The van der Waals surface area contributed by atoms with Gasteiger partial charge in [-0.2, -0.15) is 0 Å². The van der Waals surface area contributed by atoms with Crippen molar-refractivity contribution in [3.63, 3.8) is 0 Å². The Morgan fingerprint density at radius 3 is 2.04 bits per heavy atom. The van der Waals surface area contributed by atoms with E-state index in [-0.39, 0.29) is 6.09 Å². The fraction of sp³-hybridized carbons (Fsp3) is 0.381. The number of nitrogens with zero attached hydrogens (tertiary/aromatic N) is 2. The third-order valence-corrected chi connectivity index (χ3v) is 4.19. The van der Waals surface area contributed by atoms with E-state index in [1.54, 1.807) is 7.05 Å². The topological polar surface area (TPSA) is 32.8 Å². The molecule has 5 heteroatoms. The molecule has 0 saturated heterocycles. The summed E-state index contributed by atoms with van der Waals surface area (Å²) in [5.74, 6) is 0. The fourth-order valence-corrected chi connectivity index (χ4v) is 2.64. The number of hydrogen-bond acceptors (Lipinski definition) is 3. The zero-order valence-electron chi connectivity index (χ0n) is 16.1. The molecular formula is C21H27ClN2O2. The van der Waals surface area contributed by atoms with Crippen LogP contribution in [0.15, 0.2) is 48.5 Å². The predicted molar refractivity (Wildman–Crippen MR) is 109 cm³/mol. The van der Waals surface area contributed by atoms with Crippen molar-refractivity contribution in [2.24, 2.45) is 0 Å². The molecule has 0 atom stereocenters. The van der Waals surface area contributed by atoms with Crippen LogP contribution in [0.4, 0.5) is 16.2 Å². The summed E-state index contributed by atoms with van der Waals surface area (Å²) in [6, 6.07) is 15.8. The van der Waals surface area contributed by atoms with Gasteiger partial charge >= 0.3 is 6.09 Å². The highest BCUT2D eigenvalue weighted by atomic mass is 35.5. The van der Waals surface area contributed by atoms with Crippen LogP contribution in [0.1, 0.15) is 33.3 Å². The second-order valence-corrected chi connectivity index (χ2v) is 7.63. The Kier molecular flexibility index (Phi) is 6.54. The van der Waals surface area contributed by atoms with Gasteiger partial charge in [-0.1, -0.05) is 23.7 Å². The number of anilines is 2. The first kappa shape index (κ1) is 20.1. The summed E-state index contributed by atoms with van der Waals surface area (Å²) in [5, 5.41) is 0.742. The van der Waals surface area contributed by atoms with Crippen LogP contribution in [-0.2, 0) is 11.3 Å². The molecule has 0 fully saturated rings. The van der Waals surface area contributed by atoms with Gasteiger partial charge in [0.1, 0.15) is 5.60 Å². The average Bonchev–Trinajstić information content (AvgIpc) is 2.59. The average molecular weight is 375 g/mol. The first-order valence-corrected chi connectivity index (χ1v) is 9.13. The number of halogens is 1. The molecule has 0 N–H and O–H groups in total. The largest absolute Gasteiger partial charge is 0.443 e. The zero-order chi connectivity index (χ0) is 19.3. The normalized spacial score (nSPS) is 11.2. The number of benzene rings is 2. The lowest BCUT2D eigenvalue weighted by Crippen LogP contribution is -2.34. The van der Waals surface area contributed by atoms with E-state index in [1.165, 1.54) is 10.5 Å². The van der Waals surface area contributed by atoms with Gasteiger partial charge in [0.25, 0.3) is 0 Å². The molecule has 0 aliphatic rings. The van der Waals surface area contributed by atoms with Crippen LogP contribution in [0, 0.1) is 0 Å². The lowest BCUT2D eigenvalue weighted by atomic mass is 10.2. The summed E-state index contributed by atoms with van der Waals surface area (Å²) in [4.78, 5) is 16.0. The highest BCUT2D eigenvalue weighted by Gasteiger charge is 2.20. The maximum atomic E-state index is 12.2. The summed E-state index contributed by atoms with van der Waals surface area (Å²) < 4.78 is 5.41. The minimum atomic E-state index is -0.511. The predicted octanol–water partition coefficient (Wildman–Crippen LogP) is 5.74. The standard InChI is InChI=1S/C21H27ClN2O2/c1-6-24(15-16-7-9-17(22)10-8-16)19-13-11-18(12-14-19)23(5)20(25)26-21(2,3)4/h7-14H,6,15H2,1-5H3. The molecule has 26 heavy (non-hydrogen) atoms. The number of ether oxygens (including phenoxy) is 1. The van der Waals surface area contributed by atoms with Gasteiger partial charge in [0, 0.05) is 36.5 Å². The third kappa shape index (κ3) is 5.67. The van der Waals surface area contributed by atoms with Crippen molar-refractivity contribution in [3.8, 4) is 0 Å². The maximum absolute atomic E-state index is 12.2. The zero-order valence-corrected chi connectivity index (χ0v) is 16.9. The first-order valence-electron chi connectivity index (χ1n) is 8.76. The van der Waals surface area contributed by atoms with Crippen LogP contribution in [0.25, 0.3) is 0 Å². The van der Waals surface area contributed by atoms with E-state index in [1.807, 2.05) is 69.3 Å². The molecule has 2 aromatic rings. The second-order valence-electron chi connectivity index (χ2n) is 7.20. The van der Waals surface area contributed by atoms with E-state index < -0.39 is 5.60 Å². The van der Waals surface area contributed by atoms with Gasteiger partial charge in [0.2, 0.25) is 0 Å². The molecule has 4 nitrogen and oxygen atoms in total. The quantitative estimate of drug-likeness (QED) is 0.669. The highest BCUT2D eigenvalue weighted by molar-refractivity contribution is 6.30. The van der Waals surface area contributed by atoms with Gasteiger partial charge in [-0.05, 0) is 69.7 Å². The lowest BCUT2D eigenvalue weighted by Gasteiger charge is -2.26. The van der Waals surface area contributed by atoms with E-state index in [2.05, 4.69) is 11.8 Å². The monoisotopic (exact) mass is 374 g/mol. The molecule has 2 rings (SSSR count). The molecule has 140 valence electrons. The summed E-state index contributed by atoms with van der Waals surface area (Å²) >= 11 is 5.96. The van der Waals surface area contributed by atoms with Crippen LogP contribution in [0.5, 0.6) is 0 Å². The molecule has 0 aromatic heterocycles. The Bertz CT molecular complexity index is 721. The van der Waals surface area contributed by atoms with Gasteiger partial charge in [-0.15, -0.1) is 0 Å². The number of rotatable bonds is 5. The van der Waals surface area contributed by atoms with Crippen molar-refractivity contribution < 1.29 is 9.53 Å². The Hall–Kier alpha value is -2.20. The lowest BCUT2D eigenvalue weighted by molar-refractivity contribution is 0.0589. The van der Waals surface area contributed by atoms with Gasteiger partial charge in [0.15, 0.2) is 0 Å². The van der Waals surface area contributed by atoms with E-state index in [0.29, 0.717) is 0 Å². The van der Waals surface area contributed by atoms with Crippen molar-refractivity contribution in [1.82, 2.24) is 0 Å². The van der Waals surface area contributed by atoms with E-state index in [0.717, 1.165) is 29.5 Å². The highest BCUT2D eigenvalue weighted by Crippen LogP contribution is 2.23. The maximum Gasteiger partial charge on any atom is 0.414 e. The first-order chi connectivity index (χ1) is 12.2. The van der Waals surface area contributed by atoms with E-state index >= 15 is 0 Å². The SMILES string of the molecule is CCN(Cc1ccc(Cl)cc1)c1ccc(N(C)C(=O)OC(C)(C)C)cc1. The van der Waals surface area contributed by atoms with E-state index in [9.17, 15) is 4.79 Å². The number of hydrogen-bond donors (Lipinski definition) is 0. The summed E-state index contributed by atoms with van der Waals surface area (Å²) in [7, 11) is 1.72. The molecule has 0 radical (unpaired) electrons. The second kappa shape index (κ2) is 8.45. The summed E-state index contributed by atoms with van der Waals surface area (Å²) in [6.07, 6.45) is -0.362. The van der Waals surface area contributed by atoms with Crippen LogP contribution in [-0.4, -0.2) is 25.3 Å². The number of carbonyl (C=O) groups is 1. The molecule has 1 amide bonds. The molecule has 0 saturated carbocycles. The smallest absolute Gasteiger partial charge is 0.414 e. The summed E-state index contributed by atoms with van der Waals surface area (Å²) in [6.45, 7) is 9.38. The molecule has 2 aromatic carbocycles. The molecule has 0 aliphatic carbocycles. The van der Waals surface area contributed by atoms with Gasteiger partial charge < -0.3 is 9.64 Å². The van der Waals surface area contributed by atoms with Crippen LogP contribution in [0.3, 0.4) is 0 Å². The Morgan fingerprint density at radius 1 is 1.00 bits per heavy atom. The van der Waals surface area contributed by atoms with Crippen LogP contribution < -0.4 is 9.80 Å². The van der Waals surface area contributed by atoms with Crippen molar-refractivity contribution in [2.75, 3.05) is 23.4 Å². The van der Waals surface area contributed by atoms with Crippen LogP contribution in [0.2, 0.25) is 5.02 Å². The Balaban J connectivity index is 2.08. The molecule has 0 aliphatic heterocycles. The van der Waals surface area contributed by atoms with Crippen molar-refractivity contribution in [3.05, 3.63) is 59.1 Å². The van der Waals surface area contributed by atoms with Crippen molar-refractivity contribution >= 4 is 29.1 Å². The van der Waals surface area contributed by atoms with Gasteiger partial charge in [-0.25, -0.2) is 4.79 Å². The minimum Gasteiger partial charge on any atom is -0.443 e. The van der Waals surface area contributed by atoms with Gasteiger partial charge in [0.05, 0.1) is 0 Å². The minimum absolute atomic E-state index is 0.362. The molecule has 0 unspecified atom stereocenters. The molecule has 0 heterocycles. The molecule has 0 spiro atoms. The molecule has 0 bridgehead atoms.